The third kappa shape index (κ3) is 4.44. The Labute approximate surface area is 126 Å². The van der Waals surface area contributed by atoms with Crippen molar-refractivity contribution in [1.29, 1.82) is 0 Å². The second kappa shape index (κ2) is 6.11. The normalized spacial score (nSPS) is 11.1. The van der Waals surface area contributed by atoms with Gasteiger partial charge in [-0.3, -0.25) is 4.72 Å². The van der Waals surface area contributed by atoms with Crippen molar-refractivity contribution in [3.05, 3.63) is 58.7 Å². The van der Waals surface area contributed by atoms with E-state index in [0.29, 0.717) is 10.6 Å². The third-order valence-corrected chi connectivity index (χ3v) is 3.98. The van der Waals surface area contributed by atoms with Gasteiger partial charge in [0.1, 0.15) is 5.82 Å². The lowest BCUT2D eigenvalue weighted by atomic mass is 10.1. The molecule has 0 spiro atoms. The summed E-state index contributed by atoms with van der Waals surface area (Å²) in [6.45, 7) is 0. The second-order valence-corrected chi connectivity index (χ2v) is 6.38. The summed E-state index contributed by atoms with van der Waals surface area (Å²) in [7, 11) is -3.71. The van der Waals surface area contributed by atoms with E-state index in [1.54, 1.807) is 0 Å². The van der Waals surface area contributed by atoms with Crippen LogP contribution in [-0.2, 0) is 15.8 Å². The number of hydrogen-bond donors (Lipinski definition) is 2. The number of rotatable bonds is 5. The number of sulfonamides is 1. The van der Waals surface area contributed by atoms with Crippen molar-refractivity contribution in [2.45, 2.75) is 5.75 Å². The SMILES string of the molecule is O=C(O)c1cccc(CS(=O)(=O)Nc2cc(Cl)ccn2)c1. The van der Waals surface area contributed by atoms with E-state index in [4.69, 9.17) is 16.7 Å². The van der Waals surface area contributed by atoms with Crippen LogP contribution in [0.4, 0.5) is 5.82 Å². The quantitative estimate of drug-likeness (QED) is 0.879. The number of hydrogen-bond acceptors (Lipinski definition) is 4. The van der Waals surface area contributed by atoms with Crippen molar-refractivity contribution >= 4 is 33.4 Å². The van der Waals surface area contributed by atoms with Crippen LogP contribution in [0.5, 0.6) is 0 Å². The van der Waals surface area contributed by atoms with Crippen LogP contribution in [0, 0.1) is 0 Å². The number of carboxylic acid groups (broad SMARTS) is 1. The van der Waals surface area contributed by atoms with Crippen molar-refractivity contribution in [3.63, 3.8) is 0 Å². The maximum absolute atomic E-state index is 12.0. The maximum Gasteiger partial charge on any atom is 0.335 e. The lowest BCUT2D eigenvalue weighted by molar-refractivity contribution is 0.0696. The highest BCUT2D eigenvalue weighted by atomic mass is 35.5. The number of nitrogens with zero attached hydrogens (tertiary/aromatic N) is 1. The largest absolute Gasteiger partial charge is 0.478 e. The van der Waals surface area contributed by atoms with E-state index >= 15 is 0 Å². The molecular formula is C13H11ClN2O4S. The molecule has 0 saturated heterocycles. The molecule has 0 saturated carbocycles. The van der Waals surface area contributed by atoms with Crippen LogP contribution in [0.15, 0.2) is 42.6 Å². The summed E-state index contributed by atoms with van der Waals surface area (Å²) in [5.74, 6) is -1.36. The van der Waals surface area contributed by atoms with Gasteiger partial charge in [0.15, 0.2) is 0 Å². The molecule has 1 aromatic carbocycles. The molecule has 6 nitrogen and oxygen atoms in total. The number of anilines is 1. The summed E-state index contributed by atoms with van der Waals surface area (Å²) >= 11 is 5.75. The molecule has 2 aromatic rings. The molecule has 0 aliphatic rings. The number of halogens is 1. The highest BCUT2D eigenvalue weighted by molar-refractivity contribution is 7.91. The van der Waals surface area contributed by atoms with Crippen LogP contribution in [-0.4, -0.2) is 24.5 Å². The molecule has 0 radical (unpaired) electrons. The Morgan fingerprint density at radius 2 is 2.05 bits per heavy atom. The maximum atomic E-state index is 12.0. The monoisotopic (exact) mass is 326 g/mol. The number of pyridine rings is 1. The van der Waals surface area contributed by atoms with Crippen molar-refractivity contribution in [2.24, 2.45) is 0 Å². The molecule has 8 heteroatoms. The number of carboxylic acids is 1. The van der Waals surface area contributed by atoms with Crippen LogP contribution < -0.4 is 4.72 Å². The van der Waals surface area contributed by atoms with E-state index in [-0.39, 0.29) is 17.1 Å². The van der Waals surface area contributed by atoms with Gasteiger partial charge in [-0.25, -0.2) is 18.2 Å². The predicted molar refractivity (Wildman–Crippen MR) is 78.9 cm³/mol. The first-order chi connectivity index (χ1) is 9.85. The minimum atomic E-state index is -3.71. The summed E-state index contributed by atoms with van der Waals surface area (Å²) in [4.78, 5) is 14.7. The lowest BCUT2D eigenvalue weighted by Gasteiger charge is -2.08. The fourth-order valence-electron chi connectivity index (χ4n) is 1.67. The number of nitrogens with one attached hydrogen (secondary N) is 1. The molecule has 0 fully saturated rings. The zero-order chi connectivity index (χ0) is 15.5. The first-order valence-corrected chi connectivity index (χ1v) is 7.83. The van der Waals surface area contributed by atoms with Crippen LogP contribution in [0.2, 0.25) is 5.02 Å². The molecule has 0 atom stereocenters. The second-order valence-electron chi connectivity index (χ2n) is 4.23. The van der Waals surface area contributed by atoms with Gasteiger partial charge in [0.05, 0.1) is 11.3 Å². The van der Waals surface area contributed by atoms with Gasteiger partial charge >= 0.3 is 5.97 Å². The van der Waals surface area contributed by atoms with E-state index < -0.39 is 16.0 Å². The molecule has 1 heterocycles. The minimum absolute atomic E-state index is 0.0311. The van der Waals surface area contributed by atoms with Gasteiger partial charge in [-0.05, 0) is 23.8 Å². The number of carbonyl (C=O) groups is 1. The first-order valence-electron chi connectivity index (χ1n) is 5.80. The predicted octanol–water partition coefficient (Wildman–Crippen LogP) is 2.38. The fourth-order valence-corrected chi connectivity index (χ4v) is 2.95. The summed E-state index contributed by atoms with van der Waals surface area (Å²) < 4.78 is 26.3. The summed E-state index contributed by atoms with van der Waals surface area (Å²) in [5.41, 5.74) is 0.396. The Kier molecular flexibility index (Phi) is 4.44. The summed E-state index contributed by atoms with van der Waals surface area (Å²) in [5, 5.41) is 9.24. The Balaban J connectivity index is 2.18. The average molecular weight is 327 g/mol. The molecule has 2 N–H and O–H groups in total. The van der Waals surface area contributed by atoms with Crippen LogP contribution in [0.1, 0.15) is 15.9 Å². The Bertz CT molecular complexity index is 777. The molecule has 0 bridgehead atoms. The molecule has 0 amide bonds. The minimum Gasteiger partial charge on any atom is -0.478 e. The van der Waals surface area contributed by atoms with E-state index in [0.717, 1.165) is 0 Å². The van der Waals surface area contributed by atoms with Gasteiger partial charge in [-0.2, -0.15) is 0 Å². The number of aromatic nitrogens is 1. The van der Waals surface area contributed by atoms with Gasteiger partial charge in [-0.1, -0.05) is 23.7 Å². The molecule has 0 unspecified atom stereocenters. The van der Waals surface area contributed by atoms with Crippen LogP contribution in [0.25, 0.3) is 0 Å². The molecule has 110 valence electrons. The molecule has 1 aromatic heterocycles. The molecule has 0 aliphatic heterocycles. The highest BCUT2D eigenvalue weighted by Gasteiger charge is 2.14. The van der Waals surface area contributed by atoms with Gasteiger partial charge in [-0.15, -0.1) is 0 Å². The van der Waals surface area contributed by atoms with E-state index in [9.17, 15) is 13.2 Å². The molecule has 0 aliphatic carbocycles. The van der Waals surface area contributed by atoms with Gasteiger partial charge < -0.3 is 5.11 Å². The van der Waals surface area contributed by atoms with Crippen molar-refractivity contribution in [3.8, 4) is 0 Å². The molecule has 2 rings (SSSR count). The zero-order valence-corrected chi connectivity index (χ0v) is 12.2. The average Bonchev–Trinajstić information content (AvgIpc) is 2.37. The summed E-state index contributed by atoms with van der Waals surface area (Å²) in [6, 6.07) is 8.64. The van der Waals surface area contributed by atoms with Crippen molar-refractivity contribution < 1.29 is 18.3 Å². The smallest absolute Gasteiger partial charge is 0.335 e. The number of benzene rings is 1. The Morgan fingerprint density at radius 1 is 1.29 bits per heavy atom. The van der Waals surface area contributed by atoms with Gasteiger partial charge in [0.2, 0.25) is 10.0 Å². The fraction of sp³-hybridized carbons (Fsp3) is 0.0769. The van der Waals surface area contributed by atoms with E-state index in [1.807, 2.05) is 0 Å². The third-order valence-electron chi connectivity index (χ3n) is 2.51. The van der Waals surface area contributed by atoms with E-state index in [1.165, 1.54) is 42.6 Å². The van der Waals surface area contributed by atoms with Crippen LogP contribution >= 0.6 is 11.6 Å². The Hall–Kier alpha value is -2.12. The topological polar surface area (TPSA) is 96.4 Å². The first kappa shape index (κ1) is 15.3. The van der Waals surface area contributed by atoms with Crippen molar-refractivity contribution in [1.82, 2.24) is 4.98 Å². The van der Waals surface area contributed by atoms with Gasteiger partial charge in [0, 0.05) is 17.3 Å². The van der Waals surface area contributed by atoms with Gasteiger partial charge in [0.25, 0.3) is 0 Å². The van der Waals surface area contributed by atoms with E-state index in [2.05, 4.69) is 9.71 Å². The Morgan fingerprint density at radius 3 is 2.71 bits per heavy atom. The summed E-state index contributed by atoms with van der Waals surface area (Å²) in [6.07, 6.45) is 1.38. The molecule has 21 heavy (non-hydrogen) atoms. The van der Waals surface area contributed by atoms with Crippen LogP contribution in [0.3, 0.4) is 0 Å². The number of aromatic carboxylic acids is 1. The van der Waals surface area contributed by atoms with Crippen molar-refractivity contribution in [2.75, 3.05) is 4.72 Å². The lowest BCUT2D eigenvalue weighted by Crippen LogP contribution is -2.16. The zero-order valence-electron chi connectivity index (χ0n) is 10.7. The highest BCUT2D eigenvalue weighted by Crippen LogP contribution is 2.15. The standard InChI is InChI=1S/C13H11ClN2O4S/c14-11-4-5-15-12(7-11)16-21(19,20)8-9-2-1-3-10(6-9)13(17)18/h1-7H,8H2,(H,15,16)(H,17,18). The molecular weight excluding hydrogens is 316 g/mol.